The SMILES string of the molecule is CCC1CCC(c2nc(C(C)NC)cs2)CC1. The largest absolute Gasteiger partial charge is 0.312 e. The zero-order chi connectivity index (χ0) is 12.3. The molecule has 1 aliphatic carbocycles. The fourth-order valence-electron chi connectivity index (χ4n) is 2.65. The molecule has 1 fully saturated rings. The maximum atomic E-state index is 4.81. The Morgan fingerprint density at radius 1 is 1.41 bits per heavy atom. The minimum atomic E-state index is 0.381. The minimum Gasteiger partial charge on any atom is -0.312 e. The molecule has 1 aromatic heterocycles. The second-order valence-electron chi connectivity index (χ2n) is 5.25. The van der Waals surface area contributed by atoms with Gasteiger partial charge in [-0.1, -0.05) is 13.3 Å². The number of hydrogen-bond donors (Lipinski definition) is 1. The minimum absolute atomic E-state index is 0.381. The number of nitrogens with one attached hydrogen (secondary N) is 1. The van der Waals surface area contributed by atoms with Gasteiger partial charge >= 0.3 is 0 Å². The number of aromatic nitrogens is 1. The van der Waals surface area contributed by atoms with E-state index in [0.29, 0.717) is 6.04 Å². The Labute approximate surface area is 109 Å². The van der Waals surface area contributed by atoms with Crippen LogP contribution in [0.25, 0.3) is 0 Å². The molecule has 17 heavy (non-hydrogen) atoms. The van der Waals surface area contributed by atoms with Gasteiger partial charge in [0, 0.05) is 17.3 Å². The maximum Gasteiger partial charge on any atom is 0.0959 e. The molecule has 0 amide bonds. The van der Waals surface area contributed by atoms with Gasteiger partial charge in [0.15, 0.2) is 0 Å². The molecule has 1 aromatic rings. The summed E-state index contributed by atoms with van der Waals surface area (Å²) in [5, 5.41) is 6.85. The van der Waals surface area contributed by atoms with E-state index in [9.17, 15) is 0 Å². The highest BCUT2D eigenvalue weighted by atomic mass is 32.1. The van der Waals surface area contributed by atoms with E-state index >= 15 is 0 Å². The van der Waals surface area contributed by atoms with E-state index in [-0.39, 0.29) is 0 Å². The molecular formula is C14H24N2S. The van der Waals surface area contributed by atoms with Crippen LogP contribution in [0.2, 0.25) is 0 Å². The quantitative estimate of drug-likeness (QED) is 0.872. The molecule has 1 heterocycles. The van der Waals surface area contributed by atoms with Gasteiger partial charge in [-0.25, -0.2) is 4.98 Å². The predicted octanol–water partition coefficient (Wildman–Crippen LogP) is 4.11. The van der Waals surface area contributed by atoms with Crippen molar-refractivity contribution in [2.45, 2.75) is 57.9 Å². The van der Waals surface area contributed by atoms with E-state index in [2.05, 4.69) is 24.5 Å². The van der Waals surface area contributed by atoms with Crippen LogP contribution in [0.5, 0.6) is 0 Å². The molecule has 1 atom stereocenters. The monoisotopic (exact) mass is 252 g/mol. The summed E-state index contributed by atoms with van der Waals surface area (Å²) in [5.74, 6) is 1.71. The lowest BCUT2D eigenvalue weighted by Gasteiger charge is -2.26. The summed E-state index contributed by atoms with van der Waals surface area (Å²) in [5.41, 5.74) is 1.21. The Bertz CT molecular complexity index is 340. The van der Waals surface area contributed by atoms with E-state index in [1.54, 1.807) is 0 Å². The van der Waals surface area contributed by atoms with Gasteiger partial charge in [0.1, 0.15) is 0 Å². The molecule has 0 aromatic carbocycles. The average Bonchev–Trinajstić information content (AvgIpc) is 2.87. The highest BCUT2D eigenvalue weighted by Gasteiger charge is 2.23. The first-order valence-corrected chi connectivity index (χ1v) is 7.75. The Hall–Kier alpha value is -0.410. The van der Waals surface area contributed by atoms with E-state index in [4.69, 9.17) is 4.98 Å². The van der Waals surface area contributed by atoms with Crippen LogP contribution in [0.1, 0.15) is 68.6 Å². The van der Waals surface area contributed by atoms with Gasteiger partial charge in [0.2, 0.25) is 0 Å². The summed E-state index contributed by atoms with van der Waals surface area (Å²) in [6, 6.07) is 0.381. The molecule has 0 bridgehead atoms. The van der Waals surface area contributed by atoms with Crippen molar-refractivity contribution in [3.63, 3.8) is 0 Å². The zero-order valence-corrected chi connectivity index (χ0v) is 12.0. The Morgan fingerprint density at radius 3 is 2.71 bits per heavy atom. The lowest BCUT2D eigenvalue weighted by Crippen LogP contribution is -2.14. The number of hydrogen-bond acceptors (Lipinski definition) is 3. The fraction of sp³-hybridized carbons (Fsp3) is 0.786. The summed E-state index contributed by atoms with van der Waals surface area (Å²) in [7, 11) is 2.00. The van der Waals surface area contributed by atoms with Gasteiger partial charge in [-0.2, -0.15) is 0 Å². The molecule has 1 N–H and O–H groups in total. The topological polar surface area (TPSA) is 24.9 Å². The van der Waals surface area contributed by atoms with Crippen molar-refractivity contribution < 1.29 is 0 Å². The normalized spacial score (nSPS) is 27.0. The third-order valence-electron chi connectivity index (χ3n) is 4.19. The van der Waals surface area contributed by atoms with Crippen LogP contribution in [0.15, 0.2) is 5.38 Å². The Morgan fingerprint density at radius 2 is 2.12 bits per heavy atom. The fourth-order valence-corrected chi connectivity index (χ4v) is 3.74. The Kier molecular flexibility index (Phi) is 4.57. The summed E-state index contributed by atoms with van der Waals surface area (Å²) >= 11 is 1.86. The zero-order valence-electron chi connectivity index (χ0n) is 11.2. The third-order valence-corrected chi connectivity index (χ3v) is 5.22. The van der Waals surface area contributed by atoms with Crippen molar-refractivity contribution in [3.05, 3.63) is 16.1 Å². The van der Waals surface area contributed by atoms with Crippen LogP contribution in [0.3, 0.4) is 0 Å². The molecule has 1 saturated carbocycles. The lowest BCUT2D eigenvalue weighted by atomic mass is 9.81. The van der Waals surface area contributed by atoms with Gasteiger partial charge in [0.05, 0.1) is 10.7 Å². The summed E-state index contributed by atoms with van der Waals surface area (Å²) in [6.07, 6.45) is 6.85. The molecule has 0 spiro atoms. The number of nitrogens with zero attached hydrogens (tertiary/aromatic N) is 1. The maximum absolute atomic E-state index is 4.81. The Balaban J connectivity index is 1.97. The second-order valence-corrected chi connectivity index (χ2v) is 6.14. The van der Waals surface area contributed by atoms with Gasteiger partial charge in [0.25, 0.3) is 0 Å². The van der Waals surface area contributed by atoms with Crippen LogP contribution in [-0.2, 0) is 0 Å². The first kappa shape index (κ1) is 13.0. The highest BCUT2D eigenvalue weighted by Crippen LogP contribution is 2.38. The van der Waals surface area contributed by atoms with Gasteiger partial charge in [-0.05, 0) is 45.6 Å². The van der Waals surface area contributed by atoms with Crippen molar-refractivity contribution in [2.24, 2.45) is 5.92 Å². The van der Waals surface area contributed by atoms with Crippen molar-refractivity contribution in [1.82, 2.24) is 10.3 Å². The molecule has 1 unspecified atom stereocenters. The van der Waals surface area contributed by atoms with Crippen LogP contribution in [0, 0.1) is 5.92 Å². The van der Waals surface area contributed by atoms with Gasteiger partial charge in [-0.15, -0.1) is 11.3 Å². The van der Waals surface area contributed by atoms with Gasteiger partial charge < -0.3 is 5.32 Å². The van der Waals surface area contributed by atoms with Gasteiger partial charge in [-0.3, -0.25) is 0 Å². The molecule has 3 heteroatoms. The average molecular weight is 252 g/mol. The molecule has 96 valence electrons. The molecule has 0 saturated heterocycles. The van der Waals surface area contributed by atoms with Crippen molar-refractivity contribution in [3.8, 4) is 0 Å². The predicted molar refractivity (Wildman–Crippen MR) is 74.6 cm³/mol. The van der Waals surface area contributed by atoms with E-state index in [0.717, 1.165) is 11.8 Å². The molecule has 1 aliphatic rings. The number of thiazole rings is 1. The van der Waals surface area contributed by atoms with E-state index < -0.39 is 0 Å². The first-order valence-electron chi connectivity index (χ1n) is 6.87. The van der Waals surface area contributed by atoms with Crippen molar-refractivity contribution in [1.29, 1.82) is 0 Å². The smallest absolute Gasteiger partial charge is 0.0959 e. The van der Waals surface area contributed by atoms with Crippen LogP contribution >= 0.6 is 11.3 Å². The summed E-state index contributed by atoms with van der Waals surface area (Å²) in [6.45, 7) is 4.49. The summed E-state index contributed by atoms with van der Waals surface area (Å²) < 4.78 is 0. The molecule has 2 nitrogen and oxygen atoms in total. The standard InChI is InChI=1S/C14H24N2S/c1-4-11-5-7-12(8-6-11)14-16-13(9-17-14)10(2)15-3/h9-12,15H,4-8H2,1-3H3. The summed E-state index contributed by atoms with van der Waals surface area (Å²) in [4.78, 5) is 4.81. The molecule has 2 rings (SSSR count). The first-order chi connectivity index (χ1) is 8.24. The second kappa shape index (κ2) is 5.96. The van der Waals surface area contributed by atoms with Crippen molar-refractivity contribution in [2.75, 3.05) is 7.05 Å². The van der Waals surface area contributed by atoms with E-state index in [1.165, 1.54) is 42.8 Å². The number of rotatable bonds is 4. The molecular weight excluding hydrogens is 228 g/mol. The van der Waals surface area contributed by atoms with E-state index in [1.807, 2.05) is 18.4 Å². The van der Waals surface area contributed by atoms with Crippen LogP contribution in [-0.4, -0.2) is 12.0 Å². The van der Waals surface area contributed by atoms with Crippen LogP contribution < -0.4 is 5.32 Å². The van der Waals surface area contributed by atoms with Crippen LogP contribution in [0.4, 0.5) is 0 Å². The van der Waals surface area contributed by atoms with Crippen molar-refractivity contribution >= 4 is 11.3 Å². The highest BCUT2D eigenvalue weighted by molar-refractivity contribution is 7.09. The lowest BCUT2D eigenvalue weighted by molar-refractivity contribution is 0.318. The third kappa shape index (κ3) is 3.08. The molecule has 0 radical (unpaired) electrons. The molecule has 0 aliphatic heterocycles.